The molecule has 0 bridgehead atoms. The van der Waals surface area contributed by atoms with Gasteiger partial charge in [0.05, 0.1) is 23.3 Å². The van der Waals surface area contributed by atoms with E-state index in [0.717, 1.165) is 17.8 Å². The Morgan fingerprint density at radius 2 is 2.19 bits per heavy atom. The fraction of sp³-hybridized carbons (Fsp3) is 0.158. The first kappa shape index (κ1) is 15.5. The van der Waals surface area contributed by atoms with Gasteiger partial charge in [-0.15, -0.1) is 0 Å². The highest BCUT2D eigenvalue weighted by Gasteiger charge is 2.35. The lowest BCUT2D eigenvalue weighted by molar-refractivity contribution is 0.608. The lowest BCUT2D eigenvalue weighted by atomic mass is 9.99. The molecule has 27 heavy (non-hydrogen) atoms. The van der Waals surface area contributed by atoms with Gasteiger partial charge in [0, 0.05) is 31.1 Å². The van der Waals surface area contributed by atoms with Crippen molar-refractivity contribution in [3.05, 3.63) is 77.5 Å². The number of hydrogen-bond acceptors (Lipinski definition) is 5. The number of pyridine rings is 2. The molecule has 5 rings (SSSR count). The maximum absolute atomic E-state index is 14.2. The van der Waals surface area contributed by atoms with E-state index in [1.165, 1.54) is 10.6 Å². The molecule has 0 radical (unpaired) electrons. The first-order valence-corrected chi connectivity index (χ1v) is 8.54. The number of nitrogens with one attached hydrogen (secondary N) is 1. The summed E-state index contributed by atoms with van der Waals surface area (Å²) in [5, 5.41) is 14.1. The Hall–Kier alpha value is -3.73. The second-order valence-electron chi connectivity index (χ2n) is 6.35. The summed E-state index contributed by atoms with van der Waals surface area (Å²) in [4.78, 5) is 14.1. The molecular weight excluding hydrogens is 345 g/mol. The third-order valence-electron chi connectivity index (χ3n) is 4.85. The van der Waals surface area contributed by atoms with Gasteiger partial charge in [-0.3, -0.25) is 0 Å². The number of imidazole rings is 1. The zero-order chi connectivity index (χ0) is 18.4. The zero-order valence-electron chi connectivity index (χ0n) is 14.2. The monoisotopic (exact) mass is 359 g/mol. The Morgan fingerprint density at radius 3 is 3.04 bits per heavy atom. The van der Waals surface area contributed by atoms with Crippen LogP contribution in [0.1, 0.15) is 28.7 Å². The minimum atomic E-state index is -0.360. The first-order chi connectivity index (χ1) is 13.3. The van der Waals surface area contributed by atoms with Gasteiger partial charge in [0.1, 0.15) is 29.3 Å². The highest BCUT2D eigenvalue weighted by atomic mass is 19.1. The minimum absolute atomic E-state index is 0.337. The van der Waals surface area contributed by atoms with Gasteiger partial charge in [-0.1, -0.05) is 0 Å². The van der Waals surface area contributed by atoms with Crippen LogP contribution in [-0.4, -0.2) is 31.1 Å². The Labute approximate surface area is 153 Å². The molecule has 8 heteroatoms. The molecule has 1 N–H and O–H groups in total. The fourth-order valence-corrected chi connectivity index (χ4v) is 3.65. The van der Waals surface area contributed by atoms with E-state index in [2.05, 4.69) is 26.1 Å². The number of nitriles is 1. The molecule has 4 aromatic rings. The van der Waals surface area contributed by atoms with Gasteiger partial charge in [-0.05, 0) is 30.3 Å². The van der Waals surface area contributed by atoms with Crippen LogP contribution in [0.4, 0.5) is 10.2 Å². The lowest BCUT2D eigenvalue weighted by Crippen LogP contribution is -2.37. The van der Waals surface area contributed by atoms with Gasteiger partial charge in [0.25, 0.3) is 0 Å². The standard InChI is InChI=1S/C19H14FN7/c20-13-4-2-7-27-16(13)9-15(25-27)18-17-14(23-11-24-17)5-8-26(18)19-12(10-21)3-1-6-22-19/h1-4,6-7,9,11,18H,5,8H2,(H,23,24)/t18-/m1/s1. The number of hydrogen-bond donors (Lipinski definition) is 1. The molecule has 0 spiro atoms. The minimum Gasteiger partial charge on any atom is -0.348 e. The summed E-state index contributed by atoms with van der Waals surface area (Å²) < 4.78 is 15.7. The molecule has 1 aliphatic rings. The zero-order valence-corrected chi connectivity index (χ0v) is 14.2. The second kappa shape index (κ2) is 5.92. The van der Waals surface area contributed by atoms with E-state index >= 15 is 0 Å². The lowest BCUT2D eigenvalue weighted by Gasteiger charge is -2.35. The molecular formula is C19H14FN7. The summed E-state index contributed by atoms with van der Waals surface area (Å²) in [7, 11) is 0. The van der Waals surface area contributed by atoms with Crippen LogP contribution in [0.3, 0.4) is 0 Å². The van der Waals surface area contributed by atoms with Gasteiger partial charge < -0.3 is 9.88 Å². The molecule has 0 saturated carbocycles. The Kier molecular flexibility index (Phi) is 3.40. The van der Waals surface area contributed by atoms with Crippen LogP contribution in [0.2, 0.25) is 0 Å². The van der Waals surface area contributed by atoms with Crippen molar-refractivity contribution < 1.29 is 4.39 Å². The van der Waals surface area contributed by atoms with Gasteiger partial charge >= 0.3 is 0 Å². The SMILES string of the molecule is N#Cc1cccnc1N1CCc2[nH]cnc2[C@H]1c1cc2c(F)cccn2n1. The van der Waals surface area contributed by atoms with E-state index < -0.39 is 0 Å². The molecule has 1 atom stereocenters. The van der Waals surface area contributed by atoms with E-state index in [1.807, 2.05) is 4.90 Å². The van der Waals surface area contributed by atoms with Crippen LogP contribution < -0.4 is 4.90 Å². The Bertz CT molecular complexity index is 1190. The average Bonchev–Trinajstić information content (AvgIpc) is 3.34. The van der Waals surface area contributed by atoms with Crippen LogP contribution >= 0.6 is 0 Å². The average molecular weight is 359 g/mol. The molecule has 4 aromatic heterocycles. The van der Waals surface area contributed by atoms with Crippen LogP contribution in [0, 0.1) is 17.1 Å². The molecule has 0 fully saturated rings. The molecule has 0 unspecified atom stereocenters. The third-order valence-corrected chi connectivity index (χ3v) is 4.85. The summed E-state index contributed by atoms with van der Waals surface area (Å²) in [6.45, 7) is 0.641. The third kappa shape index (κ3) is 2.36. The number of rotatable bonds is 2. The first-order valence-electron chi connectivity index (χ1n) is 8.54. The van der Waals surface area contributed by atoms with E-state index in [0.29, 0.717) is 29.1 Å². The molecule has 132 valence electrons. The van der Waals surface area contributed by atoms with Crippen molar-refractivity contribution >= 4 is 11.3 Å². The summed E-state index contributed by atoms with van der Waals surface area (Å²) in [5.74, 6) is 0.243. The van der Waals surface area contributed by atoms with Gasteiger partial charge in [0.15, 0.2) is 0 Å². The molecule has 0 amide bonds. The number of fused-ring (bicyclic) bond motifs is 2. The summed E-state index contributed by atoms with van der Waals surface area (Å²) >= 11 is 0. The van der Waals surface area contributed by atoms with Crippen molar-refractivity contribution in [2.24, 2.45) is 0 Å². The van der Waals surface area contributed by atoms with Crippen molar-refractivity contribution in [2.45, 2.75) is 12.5 Å². The maximum Gasteiger partial charge on any atom is 0.148 e. The second-order valence-corrected chi connectivity index (χ2v) is 6.35. The number of H-pyrrole nitrogens is 1. The molecule has 0 saturated heterocycles. The van der Waals surface area contributed by atoms with Crippen LogP contribution in [0.5, 0.6) is 0 Å². The van der Waals surface area contributed by atoms with Crippen molar-refractivity contribution in [2.75, 3.05) is 11.4 Å². The summed E-state index contributed by atoms with van der Waals surface area (Å²) in [5.41, 5.74) is 3.37. The van der Waals surface area contributed by atoms with Crippen LogP contribution in [0.25, 0.3) is 5.52 Å². The van der Waals surface area contributed by atoms with E-state index in [9.17, 15) is 9.65 Å². The fourth-order valence-electron chi connectivity index (χ4n) is 3.65. The van der Waals surface area contributed by atoms with Gasteiger partial charge in [-0.25, -0.2) is 18.9 Å². The number of aromatic nitrogens is 5. The maximum atomic E-state index is 14.2. The topological polar surface area (TPSA) is 85.9 Å². The molecule has 1 aliphatic heterocycles. The molecule has 7 nitrogen and oxygen atoms in total. The smallest absolute Gasteiger partial charge is 0.148 e. The molecule has 5 heterocycles. The highest BCUT2D eigenvalue weighted by Crippen LogP contribution is 2.37. The number of nitrogens with zero attached hydrogens (tertiary/aromatic N) is 6. The molecule has 0 aromatic carbocycles. The van der Waals surface area contributed by atoms with Crippen molar-refractivity contribution in [1.82, 2.24) is 24.6 Å². The predicted octanol–water partition coefficient (Wildman–Crippen LogP) is 2.62. The highest BCUT2D eigenvalue weighted by molar-refractivity contribution is 5.59. The normalized spacial score (nSPS) is 16.3. The van der Waals surface area contributed by atoms with E-state index in [-0.39, 0.29) is 11.9 Å². The van der Waals surface area contributed by atoms with Gasteiger partial charge in [-0.2, -0.15) is 10.4 Å². The van der Waals surface area contributed by atoms with Crippen molar-refractivity contribution in [3.63, 3.8) is 0 Å². The van der Waals surface area contributed by atoms with Gasteiger partial charge in [0.2, 0.25) is 0 Å². The Balaban J connectivity index is 1.72. The quantitative estimate of drug-likeness (QED) is 0.595. The molecule has 0 aliphatic carbocycles. The van der Waals surface area contributed by atoms with Crippen molar-refractivity contribution in [3.8, 4) is 6.07 Å². The predicted molar refractivity (Wildman–Crippen MR) is 95.6 cm³/mol. The Morgan fingerprint density at radius 1 is 1.26 bits per heavy atom. The number of aromatic amines is 1. The number of halogens is 1. The van der Waals surface area contributed by atoms with Crippen LogP contribution in [-0.2, 0) is 6.42 Å². The van der Waals surface area contributed by atoms with Crippen molar-refractivity contribution in [1.29, 1.82) is 5.26 Å². The largest absolute Gasteiger partial charge is 0.348 e. The van der Waals surface area contributed by atoms with Crippen LogP contribution in [0.15, 0.2) is 49.1 Å². The van der Waals surface area contributed by atoms with E-state index in [1.54, 1.807) is 43.0 Å². The summed E-state index contributed by atoms with van der Waals surface area (Å²) in [6, 6.07) is 10.1. The van der Waals surface area contributed by atoms with E-state index in [4.69, 9.17) is 0 Å². The number of anilines is 1. The summed E-state index contributed by atoms with van der Waals surface area (Å²) in [6.07, 6.45) is 5.77.